The molecule has 0 amide bonds. The van der Waals surface area contributed by atoms with Gasteiger partial charge in [-0.2, -0.15) is 0 Å². The van der Waals surface area contributed by atoms with Gasteiger partial charge in [0.1, 0.15) is 0 Å². The van der Waals surface area contributed by atoms with Gasteiger partial charge in [-0.05, 0) is 12.8 Å². The van der Waals surface area contributed by atoms with Crippen molar-refractivity contribution >= 4 is 21.9 Å². The van der Waals surface area contributed by atoms with Gasteiger partial charge >= 0.3 is 5.97 Å². The van der Waals surface area contributed by atoms with E-state index in [4.69, 9.17) is 5.11 Å². The highest BCUT2D eigenvalue weighted by molar-refractivity contribution is 9.09. The summed E-state index contributed by atoms with van der Waals surface area (Å²) in [6, 6.07) is 0. The van der Waals surface area contributed by atoms with Crippen LogP contribution in [0.3, 0.4) is 0 Å². The van der Waals surface area contributed by atoms with Crippen LogP contribution < -0.4 is 0 Å². The maximum absolute atomic E-state index is 10.3. The summed E-state index contributed by atoms with van der Waals surface area (Å²) in [5.74, 6) is -0.660. The molecule has 0 spiro atoms. The molecule has 0 radical (unpaired) electrons. The van der Waals surface area contributed by atoms with Gasteiger partial charge in [0, 0.05) is 11.8 Å². The van der Waals surface area contributed by atoms with Crippen LogP contribution in [-0.2, 0) is 4.79 Å². The minimum absolute atomic E-state index is 0.340. The molecule has 96 valence electrons. The number of carboxylic acids is 1. The average Bonchev–Trinajstić information content (AvgIpc) is 2.25. The predicted molar refractivity (Wildman–Crippen MR) is 72.2 cm³/mol. The molecule has 0 aliphatic rings. The molecule has 0 aromatic carbocycles. The number of carboxylic acid groups (broad SMARTS) is 1. The van der Waals surface area contributed by atoms with E-state index in [0.29, 0.717) is 6.42 Å². The Bertz CT molecular complexity index is 160. The van der Waals surface area contributed by atoms with Crippen molar-refractivity contribution in [3.8, 4) is 0 Å². The van der Waals surface area contributed by atoms with Crippen LogP contribution in [0.5, 0.6) is 0 Å². The normalized spacial score (nSPS) is 10.6. The molecule has 2 nitrogen and oxygen atoms in total. The third kappa shape index (κ3) is 13.9. The first-order valence-corrected chi connectivity index (χ1v) is 7.67. The topological polar surface area (TPSA) is 37.3 Å². The van der Waals surface area contributed by atoms with Crippen molar-refractivity contribution in [2.45, 2.75) is 70.6 Å². The van der Waals surface area contributed by atoms with Crippen LogP contribution in [0.15, 0.2) is 0 Å². The van der Waals surface area contributed by atoms with Crippen LogP contribution in [0.4, 0.5) is 0 Å². The van der Waals surface area contributed by atoms with Gasteiger partial charge in [-0.1, -0.05) is 67.3 Å². The first-order valence-electron chi connectivity index (χ1n) is 6.55. The van der Waals surface area contributed by atoms with Crippen molar-refractivity contribution in [2.75, 3.05) is 5.33 Å². The molecule has 0 bridgehead atoms. The lowest BCUT2D eigenvalue weighted by Gasteiger charge is -2.01. The fraction of sp³-hybridized carbons (Fsp3) is 0.923. The zero-order valence-electron chi connectivity index (χ0n) is 10.2. The third-order valence-electron chi connectivity index (χ3n) is 2.77. The first-order chi connectivity index (χ1) is 7.77. The molecule has 3 heteroatoms. The smallest absolute Gasteiger partial charge is 0.303 e. The van der Waals surface area contributed by atoms with E-state index in [9.17, 15) is 4.79 Å². The fourth-order valence-electron chi connectivity index (χ4n) is 1.78. The lowest BCUT2D eigenvalue weighted by atomic mass is 10.1. The second-order valence-electron chi connectivity index (χ2n) is 4.37. The zero-order valence-corrected chi connectivity index (χ0v) is 11.8. The molecule has 0 fully saturated rings. The third-order valence-corrected chi connectivity index (χ3v) is 3.34. The molecule has 0 aliphatic carbocycles. The largest absolute Gasteiger partial charge is 0.481 e. The number of aliphatic carboxylic acids is 1. The van der Waals surface area contributed by atoms with Crippen molar-refractivity contribution < 1.29 is 9.90 Å². The van der Waals surface area contributed by atoms with E-state index in [1.54, 1.807) is 0 Å². The summed E-state index contributed by atoms with van der Waals surface area (Å²) in [4.78, 5) is 10.3. The molecule has 1 N–H and O–H groups in total. The van der Waals surface area contributed by atoms with Gasteiger partial charge < -0.3 is 5.11 Å². The summed E-state index contributed by atoms with van der Waals surface area (Å²) in [7, 11) is 0. The van der Waals surface area contributed by atoms with Crippen LogP contribution in [0.2, 0.25) is 0 Å². The van der Waals surface area contributed by atoms with Crippen molar-refractivity contribution in [3.05, 3.63) is 0 Å². The Morgan fingerprint density at radius 1 is 0.750 bits per heavy atom. The van der Waals surface area contributed by atoms with Gasteiger partial charge in [0.15, 0.2) is 0 Å². The number of rotatable bonds is 12. The number of unbranched alkanes of at least 4 members (excludes halogenated alkanes) is 9. The van der Waals surface area contributed by atoms with E-state index in [-0.39, 0.29) is 0 Å². The summed E-state index contributed by atoms with van der Waals surface area (Å²) in [5.41, 5.74) is 0. The van der Waals surface area contributed by atoms with Crippen LogP contribution >= 0.6 is 15.9 Å². The monoisotopic (exact) mass is 292 g/mol. The number of carbonyl (C=O) groups is 1. The van der Waals surface area contributed by atoms with E-state index in [1.807, 2.05) is 0 Å². The van der Waals surface area contributed by atoms with Gasteiger partial charge in [0.05, 0.1) is 0 Å². The SMILES string of the molecule is O=C(O)CCCCCCCCCCCCBr. The molecule has 0 heterocycles. The maximum Gasteiger partial charge on any atom is 0.303 e. The van der Waals surface area contributed by atoms with Crippen LogP contribution in [0.1, 0.15) is 70.6 Å². The Labute approximate surface area is 108 Å². The van der Waals surface area contributed by atoms with Gasteiger partial charge in [-0.15, -0.1) is 0 Å². The van der Waals surface area contributed by atoms with Crippen molar-refractivity contribution in [3.63, 3.8) is 0 Å². The van der Waals surface area contributed by atoms with Gasteiger partial charge in [0.25, 0.3) is 0 Å². The molecular formula is C13H25BrO2. The lowest BCUT2D eigenvalue weighted by molar-refractivity contribution is -0.137. The number of hydrogen-bond acceptors (Lipinski definition) is 1. The Kier molecular flexibility index (Phi) is 13.0. The highest BCUT2D eigenvalue weighted by Gasteiger charge is 1.96. The van der Waals surface area contributed by atoms with Crippen LogP contribution in [0.25, 0.3) is 0 Å². The van der Waals surface area contributed by atoms with Crippen molar-refractivity contribution in [1.82, 2.24) is 0 Å². The maximum atomic E-state index is 10.3. The summed E-state index contributed by atoms with van der Waals surface area (Å²) < 4.78 is 0. The number of alkyl halides is 1. The van der Waals surface area contributed by atoms with E-state index in [0.717, 1.165) is 18.2 Å². The Hall–Kier alpha value is -0.0500. The second kappa shape index (κ2) is 13.0. The molecule has 0 saturated carbocycles. The van der Waals surface area contributed by atoms with Crippen molar-refractivity contribution in [1.29, 1.82) is 0 Å². The molecule has 0 aliphatic heterocycles. The Morgan fingerprint density at radius 3 is 1.50 bits per heavy atom. The van der Waals surface area contributed by atoms with Gasteiger partial charge in [-0.25, -0.2) is 0 Å². The summed E-state index contributed by atoms with van der Waals surface area (Å²) in [6.07, 6.45) is 12.8. The van der Waals surface area contributed by atoms with Crippen LogP contribution in [-0.4, -0.2) is 16.4 Å². The zero-order chi connectivity index (χ0) is 12.1. The molecule has 0 aromatic rings. The van der Waals surface area contributed by atoms with Gasteiger partial charge in [0.2, 0.25) is 0 Å². The first kappa shape index (κ1) is 16.0. The molecule has 0 aromatic heterocycles. The molecule has 0 rings (SSSR count). The van der Waals surface area contributed by atoms with E-state index >= 15 is 0 Å². The van der Waals surface area contributed by atoms with E-state index in [2.05, 4.69) is 15.9 Å². The highest BCUT2D eigenvalue weighted by Crippen LogP contribution is 2.11. The molecule has 16 heavy (non-hydrogen) atoms. The Balaban J connectivity index is 2.90. The van der Waals surface area contributed by atoms with Crippen molar-refractivity contribution in [2.24, 2.45) is 0 Å². The standard InChI is InChI=1S/C13H25BrO2/c14-12-10-8-6-4-2-1-3-5-7-9-11-13(15)16/h1-12H2,(H,15,16). The Morgan fingerprint density at radius 2 is 1.12 bits per heavy atom. The highest BCUT2D eigenvalue weighted by atomic mass is 79.9. The number of halogens is 1. The number of hydrogen-bond donors (Lipinski definition) is 1. The van der Waals surface area contributed by atoms with E-state index < -0.39 is 5.97 Å². The molecule has 0 saturated heterocycles. The lowest BCUT2D eigenvalue weighted by Crippen LogP contribution is -1.93. The van der Waals surface area contributed by atoms with E-state index in [1.165, 1.54) is 51.4 Å². The summed E-state index contributed by atoms with van der Waals surface area (Å²) in [5, 5.41) is 9.59. The average molecular weight is 293 g/mol. The molecule has 0 atom stereocenters. The van der Waals surface area contributed by atoms with Crippen LogP contribution in [0, 0.1) is 0 Å². The summed E-state index contributed by atoms with van der Waals surface area (Å²) in [6.45, 7) is 0. The predicted octanol–water partition coefficient (Wildman–Crippen LogP) is 4.76. The summed E-state index contributed by atoms with van der Waals surface area (Å²) >= 11 is 3.44. The quantitative estimate of drug-likeness (QED) is 0.416. The fourth-order valence-corrected chi connectivity index (χ4v) is 2.18. The minimum atomic E-state index is -0.660. The second-order valence-corrected chi connectivity index (χ2v) is 5.16. The molecular weight excluding hydrogens is 268 g/mol. The van der Waals surface area contributed by atoms with Gasteiger partial charge in [-0.3, -0.25) is 4.79 Å². The minimum Gasteiger partial charge on any atom is -0.481 e. The molecule has 0 unspecified atom stereocenters.